The van der Waals surface area contributed by atoms with E-state index in [1.54, 1.807) is 4.90 Å². The smallest absolute Gasteiger partial charge is 0.440 e. The van der Waals surface area contributed by atoms with Gasteiger partial charge in [0, 0.05) is 12.6 Å². The molecule has 1 aliphatic rings. The SMILES string of the molecule is CCCN(C(=O)ONC(=O)OC)C1CCCCC1. The lowest BCUT2D eigenvalue weighted by molar-refractivity contribution is 0.0343. The van der Waals surface area contributed by atoms with Crippen molar-refractivity contribution in [3.05, 3.63) is 0 Å². The molecule has 0 aromatic heterocycles. The van der Waals surface area contributed by atoms with Crippen molar-refractivity contribution in [2.75, 3.05) is 13.7 Å². The Bertz CT molecular complexity index is 277. The minimum absolute atomic E-state index is 0.227. The van der Waals surface area contributed by atoms with Crippen LogP contribution in [0, 0.1) is 0 Å². The quantitative estimate of drug-likeness (QED) is 0.789. The van der Waals surface area contributed by atoms with E-state index in [0.29, 0.717) is 6.54 Å². The maximum absolute atomic E-state index is 11.9. The molecule has 0 unspecified atom stereocenters. The van der Waals surface area contributed by atoms with Crippen molar-refractivity contribution >= 4 is 12.2 Å². The predicted molar refractivity (Wildman–Crippen MR) is 65.9 cm³/mol. The number of rotatable bonds is 3. The summed E-state index contributed by atoms with van der Waals surface area (Å²) in [5.41, 5.74) is 1.96. The van der Waals surface area contributed by atoms with Gasteiger partial charge in [-0.25, -0.2) is 9.59 Å². The average molecular weight is 258 g/mol. The summed E-state index contributed by atoms with van der Waals surface area (Å²) in [6.07, 6.45) is 5.11. The van der Waals surface area contributed by atoms with E-state index in [1.807, 2.05) is 12.4 Å². The summed E-state index contributed by atoms with van der Waals surface area (Å²) in [5, 5.41) is 0. The lowest BCUT2D eigenvalue weighted by Crippen LogP contribution is -2.44. The van der Waals surface area contributed by atoms with Crippen LogP contribution in [-0.4, -0.2) is 36.8 Å². The Kier molecular flexibility index (Phi) is 6.32. The predicted octanol–water partition coefficient (Wildman–Crippen LogP) is 2.44. The number of carbonyl (C=O) groups is 2. The summed E-state index contributed by atoms with van der Waals surface area (Å²) in [5.74, 6) is 0. The van der Waals surface area contributed by atoms with Gasteiger partial charge in [-0.15, -0.1) is 5.48 Å². The summed E-state index contributed by atoms with van der Waals surface area (Å²) in [6.45, 7) is 2.66. The Morgan fingerprint density at radius 2 is 1.94 bits per heavy atom. The van der Waals surface area contributed by atoms with Crippen LogP contribution in [0.15, 0.2) is 0 Å². The number of nitrogens with one attached hydrogen (secondary N) is 1. The molecule has 104 valence electrons. The van der Waals surface area contributed by atoms with E-state index < -0.39 is 12.2 Å². The van der Waals surface area contributed by atoms with Crippen LogP contribution < -0.4 is 5.48 Å². The van der Waals surface area contributed by atoms with Crippen molar-refractivity contribution in [2.45, 2.75) is 51.5 Å². The highest BCUT2D eigenvalue weighted by Crippen LogP contribution is 2.23. The van der Waals surface area contributed by atoms with Crippen molar-refractivity contribution in [1.29, 1.82) is 0 Å². The molecule has 0 aliphatic heterocycles. The summed E-state index contributed by atoms with van der Waals surface area (Å²) in [4.78, 5) is 29.2. The van der Waals surface area contributed by atoms with Gasteiger partial charge in [0.2, 0.25) is 0 Å². The number of ether oxygens (including phenoxy) is 1. The normalized spacial score (nSPS) is 15.9. The fourth-order valence-corrected chi connectivity index (χ4v) is 2.24. The van der Waals surface area contributed by atoms with E-state index in [2.05, 4.69) is 4.74 Å². The van der Waals surface area contributed by atoms with E-state index in [4.69, 9.17) is 4.84 Å². The maximum Gasteiger partial charge on any atom is 0.440 e. The van der Waals surface area contributed by atoms with Gasteiger partial charge in [0.1, 0.15) is 0 Å². The van der Waals surface area contributed by atoms with Crippen molar-refractivity contribution in [3.8, 4) is 0 Å². The second-order valence-electron chi connectivity index (χ2n) is 4.45. The van der Waals surface area contributed by atoms with Crippen molar-refractivity contribution in [3.63, 3.8) is 0 Å². The zero-order valence-electron chi connectivity index (χ0n) is 11.1. The number of amides is 2. The minimum atomic E-state index is -0.775. The lowest BCUT2D eigenvalue weighted by atomic mass is 9.94. The van der Waals surface area contributed by atoms with Gasteiger partial charge in [-0.3, -0.25) is 0 Å². The van der Waals surface area contributed by atoms with Crippen LogP contribution in [0.2, 0.25) is 0 Å². The Morgan fingerprint density at radius 3 is 2.50 bits per heavy atom. The molecule has 0 aromatic rings. The topological polar surface area (TPSA) is 67.9 Å². The number of hydrogen-bond donors (Lipinski definition) is 1. The second-order valence-corrected chi connectivity index (χ2v) is 4.45. The fourth-order valence-electron chi connectivity index (χ4n) is 2.24. The van der Waals surface area contributed by atoms with Crippen LogP contribution in [0.4, 0.5) is 9.59 Å². The van der Waals surface area contributed by atoms with Crippen LogP contribution in [-0.2, 0) is 9.57 Å². The first kappa shape index (κ1) is 14.6. The highest BCUT2D eigenvalue weighted by Gasteiger charge is 2.26. The van der Waals surface area contributed by atoms with E-state index in [-0.39, 0.29) is 6.04 Å². The first-order chi connectivity index (χ1) is 8.69. The molecule has 0 saturated heterocycles. The van der Waals surface area contributed by atoms with Crippen LogP contribution >= 0.6 is 0 Å². The largest absolute Gasteiger partial charge is 0.451 e. The molecule has 6 heteroatoms. The van der Waals surface area contributed by atoms with Crippen molar-refractivity contribution < 1.29 is 19.2 Å². The van der Waals surface area contributed by atoms with Gasteiger partial charge in [0.05, 0.1) is 7.11 Å². The number of hydrogen-bond acceptors (Lipinski definition) is 4. The molecular weight excluding hydrogens is 236 g/mol. The van der Waals surface area contributed by atoms with Gasteiger partial charge in [0.15, 0.2) is 0 Å². The molecule has 1 fully saturated rings. The number of methoxy groups -OCH3 is 1. The molecule has 2 amide bonds. The third kappa shape index (κ3) is 4.43. The lowest BCUT2D eigenvalue weighted by Gasteiger charge is -2.32. The average Bonchev–Trinajstić information content (AvgIpc) is 2.42. The summed E-state index contributed by atoms with van der Waals surface area (Å²) < 4.78 is 4.34. The standard InChI is InChI=1S/C12H22N2O4/c1-3-9-14(10-7-5-4-6-8-10)12(16)18-13-11(15)17-2/h10H,3-9H2,1-2H3,(H,13,15). The van der Waals surface area contributed by atoms with Crippen molar-refractivity contribution in [1.82, 2.24) is 10.4 Å². The molecule has 6 nitrogen and oxygen atoms in total. The fraction of sp³-hybridized carbons (Fsp3) is 0.833. The number of nitrogens with zero attached hydrogens (tertiary/aromatic N) is 1. The Labute approximate surface area is 108 Å². The molecule has 18 heavy (non-hydrogen) atoms. The molecule has 0 atom stereocenters. The van der Waals surface area contributed by atoms with Gasteiger partial charge in [-0.2, -0.15) is 0 Å². The van der Waals surface area contributed by atoms with Crippen molar-refractivity contribution in [2.24, 2.45) is 0 Å². The summed E-state index contributed by atoms with van der Waals surface area (Å²) in [7, 11) is 1.22. The Morgan fingerprint density at radius 1 is 1.28 bits per heavy atom. The van der Waals surface area contributed by atoms with Gasteiger partial charge < -0.3 is 14.5 Å². The zero-order valence-corrected chi connectivity index (χ0v) is 11.1. The summed E-state index contributed by atoms with van der Waals surface area (Å²) in [6, 6.07) is 0.227. The molecule has 1 saturated carbocycles. The minimum Gasteiger partial charge on any atom is -0.451 e. The molecular formula is C12H22N2O4. The first-order valence-electron chi connectivity index (χ1n) is 6.50. The molecule has 0 aromatic carbocycles. The highest BCUT2D eigenvalue weighted by atomic mass is 16.7. The van der Waals surface area contributed by atoms with E-state index in [0.717, 1.165) is 32.1 Å². The highest BCUT2D eigenvalue weighted by molar-refractivity contribution is 5.72. The molecule has 0 radical (unpaired) electrons. The van der Waals surface area contributed by atoms with Gasteiger partial charge >= 0.3 is 12.2 Å². The van der Waals surface area contributed by atoms with Crippen LogP contribution in [0.5, 0.6) is 0 Å². The van der Waals surface area contributed by atoms with Crippen LogP contribution in [0.3, 0.4) is 0 Å². The molecule has 1 rings (SSSR count). The second kappa shape index (κ2) is 7.79. The molecule has 1 aliphatic carbocycles. The van der Waals surface area contributed by atoms with Crippen LogP contribution in [0.25, 0.3) is 0 Å². The Balaban J connectivity index is 2.48. The Hall–Kier alpha value is -1.46. The molecule has 1 N–H and O–H groups in total. The summed E-state index contributed by atoms with van der Waals surface area (Å²) >= 11 is 0. The molecule has 0 spiro atoms. The molecule has 0 heterocycles. The van der Waals surface area contributed by atoms with E-state index in [9.17, 15) is 9.59 Å². The van der Waals surface area contributed by atoms with Crippen LogP contribution in [0.1, 0.15) is 45.4 Å². The van der Waals surface area contributed by atoms with Gasteiger partial charge in [0.25, 0.3) is 0 Å². The third-order valence-corrected chi connectivity index (χ3v) is 3.12. The van der Waals surface area contributed by atoms with Gasteiger partial charge in [-0.05, 0) is 19.3 Å². The van der Waals surface area contributed by atoms with E-state index in [1.165, 1.54) is 13.5 Å². The van der Waals surface area contributed by atoms with E-state index >= 15 is 0 Å². The first-order valence-corrected chi connectivity index (χ1v) is 6.50. The number of carbonyl (C=O) groups excluding carboxylic acids is 2. The zero-order chi connectivity index (χ0) is 13.4. The molecule has 0 bridgehead atoms. The number of hydroxylamine groups is 1. The maximum atomic E-state index is 11.9. The van der Waals surface area contributed by atoms with Gasteiger partial charge in [-0.1, -0.05) is 26.2 Å². The monoisotopic (exact) mass is 258 g/mol. The third-order valence-electron chi connectivity index (χ3n) is 3.12.